The van der Waals surface area contributed by atoms with Crippen LogP contribution in [0, 0.1) is 0 Å². The molecule has 1 atom stereocenters. The first-order chi connectivity index (χ1) is 11.0. The van der Waals surface area contributed by atoms with Gasteiger partial charge >= 0.3 is 0 Å². The van der Waals surface area contributed by atoms with E-state index in [0.29, 0.717) is 13.0 Å². The highest BCUT2D eigenvalue weighted by atomic mass is 16.2. The fraction of sp³-hybridized carbons (Fsp3) is 0.294. The molecule has 0 radical (unpaired) electrons. The second-order valence-corrected chi connectivity index (χ2v) is 5.59. The average Bonchev–Trinajstić information content (AvgIpc) is 2.57. The summed E-state index contributed by atoms with van der Waals surface area (Å²) in [6.07, 6.45) is 0.575. The van der Waals surface area contributed by atoms with E-state index in [1.807, 2.05) is 42.5 Å². The van der Waals surface area contributed by atoms with E-state index in [9.17, 15) is 9.59 Å². The number of primary amides is 1. The summed E-state index contributed by atoms with van der Waals surface area (Å²) in [5.74, 6) is -1.42. The van der Waals surface area contributed by atoms with Crippen LogP contribution < -0.4 is 22.5 Å². The summed E-state index contributed by atoms with van der Waals surface area (Å²) in [5.41, 5.74) is 15.8. The van der Waals surface area contributed by atoms with Crippen molar-refractivity contribution >= 4 is 22.6 Å². The predicted molar refractivity (Wildman–Crippen MR) is 90.2 cm³/mol. The number of fused-ring (bicyclic) bond motifs is 1. The molecule has 0 aromatic heterocycles. The van der Waals surface area contributed by atoms with Crippen molar-refractivity contribution in [1.82, 2.24) is 5.32 Å². The molecule has 0 heterocycles. The van der Waals surface area contributed by atoms with Crippen LogP contribution >= 0.6 is 0 Å². The van der Waals surface area contributed by atoms with Crippen LogP contribution in [0.3, 0.4) is 0 Å². The highest BCUT2D eigenvalue weighted by Crippen LogP contribution is 2.16. The van der Waals surface area contributed by atoms with Crippen molar-refractivity contribution in [2.45, 2.75) is 24.9 Å². The average molecular weight is 314 g/mol. The van der Waals surface area contributed by atoms with E-state index in [1.54, 1.807) is 0 Å². The van der Waals surface area contributed by atoms with E-state index < -0.39 is 17.4 Å². The Labute approximate surface area is 135 Å². The van der Waals surface area contributed by atoms with Gasteiger partial charge in [-0.25, -0.2) is 0 Å². The first-order valence-corrected chi connectivity index (χ1v) is 7.52. The first kappa shape index (κ1) is 16.9. The zero-order valence-corrected chi connectivity index (χ0v) is 12.9. The summed E-state index contributed by atoms with van der Waals surface area (Å²) in [6, 6.07) is 13.8. The van der Waals surface area contributed by atoms with Crippen molar-refractivity contribution in [1.29, 1.82) is 0 Å². The minimum atomic E-state index is -1.73. The highest BCUT2D eigenvalue weighted by molar-refractivity contribution is 6.08. The molecule has 0 saturated carbocycles. The van der Waals surface area contributed by atoms with Crippen LogP contribution in [0.4, 0.5) is 0 Å². The zero-order chi connectivity index (χ0) is 16.9. The van der Waals surface area contributed by atoms with Gasteiger partial charge in [-0.15, -0.1) is 0 Å². The van der Waals surface area contributed by atoms with Crippen LogP contribution in [-0.2, 0) is 16.1 Å². The number of nitrogens with two attached hydrogens (primary N) is 3. The van der Waals surface area contributed by atoms with Crippen LogP contribution in [0.2, 0.25) is 0 Å². The lowest BCUT2D eigenvalue weighted by Gasteiger charge is -2.24. The van der Waals surface area contributed by atoms with Gasteiger partial charge in [-0.3, -0.25) is 9.59 Å². The molecule has 0 unspecified atom stereocenters. The van der Waals surface area contributed by atoms with E-state index >= 15 is 0 Å². The van der Waals surface area contributed by atoms with E-state index in [-0.39, 0.29) is 13.0 Å². The summed E-state index contributed by atoms with van der Waals surface area (Å²) in [7, 11) is 0. The SMILES string of the molecule is NCCC[C@](N)(C(N)=O)C(=O)NCc1ccc2ccccc2c1. The van der Waals surface area contributed by atoms with Gasteiger partial charge in [0.2, 0.25) is 11.8 Å². The van der Waals surface area contributed by atoms with Gasteiger partial charge in [0.25, 0.3) is 0 Å². The molecule has 7 N–H and O–H groups in total. The fourth-order valence-corrected chi connectivity index (χ4v) is 2.42. The Hall–Kier alpha value is -2.44. The van der Waals surface area contributed by atoms with Gasteiger partial charge in [0, 0.05) is 6.54 Å². The number of carbonyl (C=O) groups excluding carboxylic acids is 2. The molecule has 0 bridgehead atoms. The third-order valence-electron chi connectivity index (χ3n) is 3.89. The minimum absolute atomic E-state index is 0.127. The largest absolute Gasteiger partial charge is 0.368 e. The molecule has 2 aromatic rings. The summed E-state index contributed by atoms with van der Waals surface area (Å²) >= 11 is 0. The fourth-order valence-electron chi connectivity index (χ4n) is 2.42. The van der Waals surface area contributed by atoms with Gasteiger partial charge in [-0.05, 0) is 41.8 Å². The highest BCUT2D eigenvalue weighted by Gasteiger charge is 2.39. The second-order valence-electron chi connectivity index (χ2n) is 5.59. The van der Waals surface area contributed by atoms with Crippen LogP contribution in [0.15, 0.2) is 42.5 Å². The van der Waals surface area contributed by atoms with Crippen molar-refractivity contribution in [3.05, 3.63) is 48.0 Å². The number of carbonyl (C=O) groups is 2. The maximum Gasteiger partial charge on any atom is 0.250 e. The van der Waals surface area contributed by atoms with Gasteiger partial charge in [0.1, 0.15) is 0 Å². The van der Waals surface area contributed by atoms with Crippen LogP contribution in [0.1, 0.15) is 18.4 Å². The van der Waals surface area contributed by atoms with Crippen molar-refractivity contribution in [2.24, 2.45) is 17.2 Å². The molecule has 6 nitrogen and oxygen atoms in total. The molecule has 0 aliphatic heterocycles. The molecule has 2 amide bonds. The number of hydrogen-bond acceptors (Lipinski definition) is 4. The van der Waals surface area contributed by atoms with Crippen molar-refractivity contribution in [2.75, 3.05) is 6.54 Å². The van der Waals surface area contributed by atoms with Crippen molar-refractivity contribution in [3.63, 3.8) is 0 Å². The number of nitrogens with one attached hydrogen (secondary N) is 1. The standard InChI is InChI=1S/C17H22N4O2/c18-9-3-8-17(20,15(19)22)16(23)21-11-12-6-7-13-4-1-2-5-14(13)10-12/h1-2,4-7,10H,3,8-9,11,18,20H2,(H2,19,22)(H,21,23)/t17-/m0/s1. The number of amides is 2. The maximum absolute atomic E-state index is 12.3. The zero-order valence-electron chi connectivity index (χ0n) is 12.9. The number of rotatable bonds is 7. The monoisotopic (exact) mass is 314 g/mol. The lowest BCUT2D eigenvalue weighted by molar-refractivity contribution is -0.135. The molecular weight excluding hydrogens is 292 g/mol. The maximum atomic E-state index is 12.3. The lowest BCUT2D eigenvalue weighted by atomic mass is 9.92. The molecule has 23 heavy (non-hydrogen) atoms. The third-order valence-corrected chi connectivity index (χ3v) is 3.89. The molecule has 6 heteroatoms. The predicted octanol–water partition coefficient (Wildman–Crippen LogP) is 0.378. The minimum Gasteiger partial charge on any atom is -0.368 e. The Balaban J connectivity index is 2.07. The Bertz CT molecular complexity index is 717. The Morgan fingerprint density at radius 3 is 2.43 bits per heavy atom. The van der Waals surface area contributed by atoms with Gasteiger partial charge in [-0.2, -0.15) is 0 Å². The number of benzene rings is 2. The summed E-state index contributed by atoms with van der Waals surface area (Å²) in [5, 5.41) is 4.89. The van der Waals surface area contributed by atoms with Gasteiger partial charge in [-0.1, -0.05) is 36.4 Å². The summed E-state index contributed by atoms with van der Waals surface area (Å²) < 4.78 is 0. The summed E-state index contributed by atoms with van der Waals surface area (Å²) in [6.45, 7) is 0.614. The Morgan fingerprint density at radius 2 is 1.78 bits per heavy atom. The van der Waals surface area contributed by atoms with Crippen molar-refractivity contribution < 1.29 is 9.59 Å². The van der Waals surface area contributed by atoms with E-state index in [4.69, 9.17) is 17.2 Å². The molecule has 0 spiro atoms. The Morgan fingerprint density at radius 1 is 1.09 bits per heavy atom. The van der Waals surface area contributed by atoms with Gasteiger partial charge in [0.05, 0.1) is 0 Å². The molecule has 0 aliphatic carbocycles. The van der Waals surface area contributed by atoms with Gasteiger partial charge in [0.15, 0.2) is 5.54 Å². The first-order valence-electron chi connectivity index (χ1n) is 7.52. The smallest absolute Gasteiger partial charge is 0.250 e. The molecular formula is C17H22N4O2. The summed E-state index contributed by atoms with van der Waals surface area (Å²) in [4.78, 5) is 23.8. The quantitative estimate of drug-likeness (QED) is 0.551. The van der Waals surface area contributed by atoms with Crippen LogP contribution in [0.25, 0.3) is 10.8 Å². The van der Waals surface area contributed by atoms with E-state index in [0.717, 1.165) is 16.3 Å². The van der Waals surface area contributed by atoms with Crippen molar-refractivity contribution in [3.8, 4) is 0 Å². The van der Waals surface area contributed by atoms with Crippen LogP contribution in [-0.4, -0.2) is 23.9 Å². The number of hydrogen-bond donors (Lipinski definition) is 4. The van der Waals surface area contributed by atoms with E-state index in [1.165, 1.54) is 0 Å². The van der Waals surface area contributed by atoms with E-state index in [2.05, 4.69) is 5.32 Å². The normalized spacial score (nSPS) is 13.5. The topological polar surface area (TPSA) is 124 Å². The molecule has 0 saturated heterocycles. The molecule has 0 fully saturated rings. The Kier molecular flexibility index (Phi) is 5.31. The lowest BCUT2D eigenvalue weighted by Crippen LogP contribution is -2.62. The second kappa shape index (κ2) is 7.21. The third kappa shape index (κ3) is 3.85. The van der Waals surface area contributed by atoms with Crippen LogP contribution in [0.5, 0.6) is 0 Å². The molecule has 2 aromatic carbocycles. The molecule has 122 valence electrons. The van der Waals surface area contributed by atoms with Gasteiger partial charge < -0.3 is 22.5 Å². The molecule has 2 rings (SSSR count). The molecule has 0 aliphatic rings.